The van der Waals surface area contributed by atoms with Gasteiger partial charge in [-0.1, -0.05) is 48.8 Å². The summed E-state index contributed by atoms with van der Waals surface area (Å²) >= 11 is 5.48. The van der Waals surface area contributed by atoms with E-state index in [2.05, 4.69) is 61.0 Å². The lowest BCUT2D eigenvalue weighted by molar-refractivity contribution is 0.555. The van der Waals surface area contributed by atoms with Crippen molar-refractivity contribution in [3.63, 3.8) is 0 Å². The molecule has 1 aromatic carbocycles. The molecular formula is C15H23BrS. The van der Waals surface area contributed by atoms with Crippen LogP contribution in [-0.4, -0.2) is 11.1 Å². The molecule has 0 radical (unpaired) electrons. The third kappa shape index (κ3) is 5.96. The summed E-state index contributed by atoms with van der Waals surface area (Å²) in [4.78, 5) is 1.40. The van der Waals surface area contributed by atoms with E-state index in [4.69, 9.17) is 0 Å². The second-order valence-corrected chi connectivity index (χ2v) is 6.91. The predicted molar refractivity (Wildman–Crippen MR) is 83.4 cm³/mol. The van der Waals surface area contributed by atoms with E-state index in [1.807, 2.05) is 11.8 Å². The first-order valence-electron chi connectivity index (χ1n) is 6.42. The third-order valence-electron chi connectivity index (χ3n) is 3.03. The van der Waals surface area contributed by atoms with Crippen molar-refractivity contribution in [1.82, 2.24) is 0 Å². The quantitative estimate of drug-likeness (QED) is 0.458. The zero-order chi connectivity index (χ0) is 12.7. The maximum atomic E-state index is 3.50. The summed E-state index contributed by atoms with van der Waals surface area (Å²) < 4.78 is 0. The Balaban J connectivity index is 2.32. The normalized spacial score (nSPS) is 13.0. The van der Waals surface area contributed by atoms with Gasteiger partial charge in [0.25, 0.3) is 0 Å². The molecule has 0 amide bonds. The molecule has 1 unspecified atom stereocenters. The number of hydrogen-bond donors (Lipinski definition) is 0. The Morgan fingerprint density at radius 3 is 2.24 bits per heavy atom. The lowest BCUT2D eigenvalue weighted by atomic mass is 10.0. The molecule has 0 fully saturated rings. The first-order valence-corrected chi connectivity index (χ1v) is 8.53. The van der Waals surface area contributed by atoms with Gasteiger partial charge in [0.15, 0.2) is 0 Å². The first-order chi connectivity index (χ1) is 8.13. The van der Waals surface area contributed by atoms with Crippen molar-refractivity contribution < 1.29 is 0 Å². The molecule has 0 nitrogen and oxygen atoms in total. The Bertz CT molecular complexity index is 305. The van der Waals surface area contributed by atoms with Crippen molar-refractivity contribution in [2.75, 3.05) is 11.1 Å². The molecule has 0 heterocycles. The smallest absolute Gasteiger partial charge is 0.00721 e. The zero-order valence-electron chi connectivity index (χ0n) is 11.1. The molecule has 0 spiro atoms. The van der Waals surface area contributed by atoms with Crippen molar-refractivity contribution in [1.29, 1.82) is 0 Å². The van der Waals surface area contributed by atoms with Crippen LogP contribution in [0.15, 0.2) is 29.2 Å². The van der Waals surface area contributed by atoms with Crippen LogP contribution >= 0.6 is 27.7 Å². The Morgan fingerprint density at radius 2 is 1.71 bits per heavy atom. The number of alkyl halides is 1. The van der Waals surface area contributed by atoms with Crippen molar-refractivity contribution in [2.45, 2.75) is 44.4 Å². The van der Waals surface area contributed by atoms with Crippen LogP contribution in [-0.2, 0) is 0 Å². The molecule has 0 bridgehead atoms. The molecule has 0 N–H and O–H groups in total. The highest BCUT2D eigenvalue weighted by Crippen LogP contribution is 2.24. The SMILES string of the molecule is CC(CCBr)CCSc1ccc(C(C)C)cc1. The summed E-state index contributed by atoms with van der Waals surface area (Å²) in [6, 6.07) is 9.04. The fourth-order valence-corrected chi connectivity index (χ4v) is 3.52. The van der Waals surface area contributed by atoms with Gasteiger partial charge in [-0.25, -0.2) is 0 Å². The molecule has 96 valence electrons. The summed E-state index contributed by atoms with van der Waals surface area (Å²) in [5.74, 6) is 2.69. The molecule has 17 heavy (non-hydrogen) atoms. The van der Waals surface area contributed by atoms with Gasteiger partial charge >= 0.3 is 0 Å². The fraction of sp³-hybridized carbons (Fsp3) is 0.600. The molecule has 1 aromatic rings. The summed E-state index contributed by atoms with van der Waals surface area (Å²) in [5, 5.41) is 1.13. The molecule has 1 atom stereocenters. The topological polar surface area (TPSA) is 0 Å². The van der Waals surface area contributed by atoms with Crippen LogP contribution in [0.2, 0.25) is 0 Å². The van der Waals surface area contributed by atoms with Gasteiger partial charge in [0.1, 0.15) is 0 Å². The van der Waals surface area contributed by atoms with Crippen LogP contribution in [0.3, 0.4) is 0 Å². The van der Waals surface area contributed by atoms with Gasteiger partial charge in [0, 0.05) is 10.2 Å². The van der Waals surface area contributed by atoms with E-state index < -0.39 is 0 Å². The van der Waals surface area contributed by atoms with E-state index in [9.17, 15) is 0 Å². The maximum Gasteiger partial charge on any atom is 0.00721 e. The number of thioether (sulfide) groups is 1. The minimum absolute atomic E-state index is 0.632. The van der Waals surface area contributed by atoms with Crippen molar-refractivity contribution in [2.24, 2.45) is 5.92 Å². The molecule has 0 aliphatic heterocycles. The largest absolute Gasteiger partial charge is 0.126 e. The average Bonchev–Trinajstić information content (AvgIpc) is 2.30. The van der Waals surface area contributed by atoms with E-state index in [-0.39, 0.29) is 0 Å². The highest BCUT2D eigenvalue weighted by Gasteiger charge is 2.02. The van der Waals surface area contributed by atoms with Gasteiger partial charge in [-0.3, -0.25) is 0 Å². The molecule has 0 saturated heterocycles. The molecule has 2 heteroatoms. The van der Waals surface area contributed by atoms with Gasteiger partial charge in [0.05, 0.1) is 0 Å². The highest BCUT2D eigenvalue weighted by molar-refractivity contribution is 9.09. The van der Waals surface area contributed by atoms with Gasteiger partial charge in [0.2, 0.25) is 0 Å². The minimum Gasteiger partial charge on any atom is -0.126 e. The van der Waals surface area contributed by atoms with E-state index in [1.54, 1.807) is 0 Å². The highest BCUT2D eigenvalue weighted by atomic mass is 79.9. The number of rotatable bonds is 7. The van der Waals surface area contributed by atoms with E-state index in [1.165, 1.54) is 29.1 Å². The summed E-state index contributed by atoms with van der Waals surface area (Å²) in [6.07, 6.45) is 2.59. The van der Waals surface area contributed by atoms with Crippen LogP contribution in [0.25, 0.3) is 0 Å². The summed E-state index contributed by atoms with van der Waals surface area (Å²) in [6.45, 7) is 6.82. The standard InChI is InChI=1S/C15H23BrS/c1-12(2)14-4-6-15(7-5-14)17-11-9-13(3)8-10-16/h4-7,12-13H,8-11H2,1-3H3. The van der Waals surface area contributed by atoms with Crippen LogP contribution in [0.1, 0.15) is 45.1 Å². The monoisotopic (exact) mass is 314 g/mol. The van der Waals surface area contributed by atoms with Crippen LogP contribution in [0.4, 0.5) is 0 Å². The first kappa shape index (κ1) is 15.1. The van der Waals surface area contributed by atoms with E-state index in [0.717, 1.165) is 11.2 Å². The number of benzene rings is 1. The average molecular weight is 315 g/mol. The Kier molecular flexibility index (Phi) is 7.29. The molecular weight excluding hydrogens is 292 g/mol. The molecule has 0 saturated carbocycles. The number of hydrogen-bond acceptors (Lipinski definition) is 1. The van der Waals surface area contributed by atoms with Gasteiger partial charge in [-0.15, -0.1) is 11.8 Å². The van der Waals surface area contributed by atoms with E-state index >= 15 is 0 Å². The Hall–Kier alpha value is 0.0500. The molecule has 0 aliphatic rings. The van der Waals surface area contributed by atoms with Crippen LogP contribution in [0.5, 0.6) is 0 Å². The Labute approximate surface area is 119 Å². The maximum absolute atomic E-state index is 3.50. The van der Waals surface area contributed by atoms with Crippen molar-refractivity contribution >= 4 is 27.7 Å². The Morgan fingerprint density at radius 1 is 1.06 bits per heavy atom. The summed E-state index contributed by atoms with van der Waals surface area (Å²) in [5.41, 5.74) is 1.43. The third-order valence-corrected chi connectivity index (χ3v) is 4.53. The van der Waals surface area contributed by atoms with Crippen molar-refractivity contribution in [3.8, 4) is 0 Å². The predicted octanol–water partition coefficient (Wildman–Crippen LogP) is 5.71. The van der Waals surface area contributed by atoms with E-state index in [0.29, 0.717) is 5.92 Å². The molecule has 1 rings (SSSR count). The van der Waals surface area contributed by atoms with Gasteiger partial charge < -0.3 is 0 Å². The lowest BCUT2D eigenvalue weighted by Gasteiger charge is -2.09. The number of halogens is 1. The van der Waals surface area contributed by atoms with Gasteiger partial charge in [-0.05, 0) is 48.1 Å². The zero-order valence-corrected chi connectivity index (χ0v) is 13.5. The second kappa shape index (κ2) is 8.20. The van der Waals surface area contributed by atoms with Gasteiger partial charge in [-0.2, -0.15) is 0 Å². The minimum atomic E-state index is 0.632. The fourth-order valence-electron chi connectivity index (χ4n) is 1.66. The lowest BCUT2D eigenvalue weighted by Crippen LogP contribution is -1.97. The van der Waals surface area contributed by atoms with Crippen LogP contribution in [0, 0.1) is 5.92 Å². The van der Waals surface area contributed by atoms with Crippen molar-refractivity contribution in [3.05, 3.63) is 29.8 Å². The summed E-state index contributed by atoms with van der Waals surface area (Å²) in [7, 11) is 0. The second-order valence-electron chi connectivity index (χ2n) is 4.94. The molecule has 0 aromatic heterocycles. The molecule has 0 aliphatic carbocycles. The van der Waals surface area contributed by atoms with Crippen LogP contribution < -0.4 is 0 Å².